The summed E-state index contributed by atoms with van der Waals surface area (Å²) in [5, 5.41) is 0. The Balaban J connectivity index is 2.39. The lowest BCUT2D eigenvalue weighted by Gasteiger charge is -2.42. The highest BCUT2D eigenvalue weighted by molar-refractivity contribution is 5.92. The van der Waals surface area contributed by atoms with E-state index in [1.807, 2.05) is 0 Å². The fourth-order valence-electron chi connectivity index (χ4n) is 3.89. The van der Waals surface area contributed by atoms with Crippen molar-refractivity contribution >= 4 is 18.0 Å². The van der Waals surface area contributed by atoms with Crippen LogP contribution < -0.4 is 4.74 Å². The van der Waals surface area contributed by atoms with Gasteiger partial charge in [-0.25, -0.2) is 0 Å². The molecule has 0 N–H and O–H groups in total. The van der Waals surface area contributed by atoms with Crippen molar-refractivity contribution in [2.45, 2.75) is 45.4 Å². The van der Waals surface area contributed by atoms with Crippen LogP contribution in [0.3, 0.4) is 0 Å². The SMILES string of the molecule is Cc1c(C(F)(F)F)ccc2c1C(N1CCCC1=O)=C(N(C)C=O)C(C)(C)O2. The van der Waals surface area contributed by atoms with E-state index in [2.05, 4.69) is 0 Å². The quantitative estimate of drug-likeness (QED) is 0.751. The van der Waals surface area contributed by atoms with Crippen molar-refractivity contribution in [3.05, 3.63) is 34.5 Å². The van der Waals surface area contributed by atoms with Gasteiger partial charge in [-0.3, -0.25) is 9.59 Å². The van der Waals surface area contributed by atoms with Crippen molar-refractivity contribution in [1.82, 2.24) is 9.80 Å². The van der Waals surface area contributed by atoms with Gasteiger partial charge in [0, 0.05) is 25.6 Å². The second-order valence-corrected chi connectivity index (χ2v) is 7.28. The van der Waals surface area contributed by atoms with Gasteiger partial charge in [0.15, 0.2) is 0 Å². The summed E-state index contributed by atoms with van der Waals surface area (Å²) >= 11 is 0. The van der Waals surface area contributed by atoms with Crippen LogP contribution in [-0.2, 0) is 15.8 Å². The van der Waals surface area contributed by atoms with Gasteiger partial charge < -0.3 is 14.5 Å². The number of fused-ring (bicyclic) bond motifs is 1. The number of likely N-dealkylation sites (N-methyl/N-ethyl adjacent to an activating group) is 1. The molecule has 2 amide bonds. The Labute approximate surface area is 155 Å². The predicted molar refractivity (Wildman–Crippen MR) is 92.6 cm³/mol. The van der Waals surface area contributed by atoms with E-state index in [9.17, 15) is 22.8 Å². The van der Waals surface area contributed by atoms with Crippen molar-refractivity contribution in [2.24, 2.45) is 0 Å². The van der Waals surface area contributed by atoms with Gasteiger partial charge in [-0.15, -0.1) is 0 Å². The Bertz CT molecular complexity index is 843. The Morgan fingerprint density at radius 3 is 2.48 bits per heavy atom. The first kappa shape index (κ1) is 19.3. The zero-order valence-corrected chi connectivity index (χ0v) is 15.6. The standard InChI is InChI=1S/C19H21F3N2O3/c1-11-12(19(20,21)22)7-8-13-15(11)16(24-9-5-6-14(24)26)17(23(4)10-25)18(2,3)27-13/h7-8,10H,5-6,9H2,1-4H3. The summed E-state index contributed by atoms with van der Waals surface area (Å²) in [4.78, 5) is 26.7. The average Bonchev–Trinajstić information content (AvgIpc) is 2.97. The van der Waals surface area contributed by atoms with E-state index in [-0.39, 0.29) is 22.8 Å². The number of carbonyl (C=O) groups excluding carboxylic acids is 2. The molecule has 2 aliphatic heterocycles. The van der Waals surface area contributed by atoms with Crippen LogP contribution >= 0.6 is 0 Å². The molecule has 5 nitrogen and oxygen atoms in total. The molecule has 0 aliphatic carbocycles. The van der Waals surface area contributed by atoms with Crippen LogP contribution in [0.2, 0.25) is 0 Å². The van der Waals surface area contributed by atoms with E-state index >= 15 is 0 Å². The Morgan fingerprint density at radius 1 is 1.30 bits per heavy atom. The molecule has 3 rings (SSSR count). The van der Waals surface area contributed by atoms with Crippen molar-refractivity contribution in [1.29, 1.82) is 0 Å². The van der Waals surface area contributed by atoms with Crippen LogP contribution in [0.25, 0.3) is 5.70 Å². The third-order valence-electron chi connectivity index (χ3n) is 4.98. The number of amides is 2. The lowest BCUT2D eigenvalue weighted by molar-refractivity contribution is -0.138. The van der Waals surface area contributed by atoms with Gasteiger partial charge >= 0.3 is 6.18 Å². The number of alkyl halides is 3. The van der Waals surface area contributed by atoms with Gasteiger partial charge in [0.05, 0.1) is 17.0 Å². The van der Waals surface area contributed by atoms with E-state index in [1.165, 1.54) is 29.8 Å². The third-order valence-corrected chi connectivity index (χ3v) is 4.98. The van der Waals surface area contributed by atoms with Gasteiger partial charge in [-0.05, 0) is 44.9 Å². The zero-order chi connectivity index (χ0) is 20.1. The molecule has 1 aromatic rings. The average molecular weight is 382 g/mol. The number of hydrogen-bond acceptors (Lipinski definition) is 3. The topological polar surface area (TPSA) is 49.9 Å². The van der Waals surface area contributed by atoms with E-state index in [0.717, 1.165) is 6.07 Å². The molecule has 0 unspecified atom stereocenters. The maximum atomic E-state index is 13.5. The van der Waals surface area contributed by atoms with E-state index in [4.69, 9.17) is 4.74 Å². The first-order chi connectivity index (χ1) is 12.5. The fraction of sp³-hybridized carbons (Fsp3) is 0.474. The molecular weight excluding hydrogens is 361 g/mol. The summed E-state index contributed by atoms with van der Waals surface area (Å²) in [6.07, 6.45) is -3.05. The van der Waals surface area contributed by atoms with Gasteiger partial charge in [0.1, 0.15) is 11.4 Å². The summed E-state index contributed by atoms with van der Waals surface area (Å²) in [7, 11) is 1.50. The first-order valence-corrected chi connectivity index (χ1v) is 8.62. The molecule has 0 bridgehead atoms. The number of rotatable bonds is 3. The minimum Gasteiger partial charge on any atom is -0.481 e. The number of hydrogen-bond donors (Lipinski definition) is 0. The molecule has 2 aliphatic rings. The summed E-state index contributed by atoms with van der Waals surface area (Å²) in [5.74, 6) is 0.0884. The van der Waals surface area contributed by atoms with Gasteiger partial charge in [0.25, 0.3) is 0 Å². The lowest BCUT2D eigenvalue weighted by Crippen LogP contribution is -2.45. The molecule has 0 saturated carbocycles. The molecule has 0 aromatic heterocycles. The third kappa shape index (κ3) is 3.07. The Hall–Kier alpha value is -2.51. The number of likely N-dealkylation sites (tertiary alicyclic amines) is 1. The molecule has 0 spiro atoms. The lowest BCUT2D eigenvalue weighted by atomic mass is 9.89. The van der Waals surface area contributed by atoms with Crippen molar-refractivity contribution in [2.75, 3.05) is 13.6 Å². The minimum absolute atomic E-state index is 0.0259. The summed E-state index contributed by atoms with van der Waals surface area (Å²) in [5.41, 5.74) is -0.927. The van der Waals surface area contributed by atoms with Crippen LogP contribution in [0.4, 0.5) is 13.2 Å². The Morgan fingerprint density at radius 2 is 1.96 bits per heavy atom. The highest BCUT2D eigenvalue weighted by Gasteiger charge is 2.44. The first-order valence-electron chi connectivity index (χ1n) is 8.62. The maximum absolute atomic E-state index is 13.5. The maximum Gasteiger partial charge on any atom is 0.416 e. The molecule has 1 fully saturated rings. The van der Waals surface area contributed by atoms with Gasteiger partial charge in [-0.2, -0.15) is 13.2 Å². The molecule has 2 heterocycles. The molecule has 0 atom stereocenters. The molecule has 0 radical (unpaired) electrons. The fourth-order valence-corrected chi connectivity index (χ4v) is 3.89. The smallest absolute Gasteiger partial charge is 0.416 e. The summed E-state index contributed by atoms with van der Waals surface area (Å²) < 4.78 is 46.4. The van der Waals surface area contributed by atoms with Crippen LogP contribution in [0, 0.1) is 6.92 Å². The largest absolute Gasteiger partial charge is 0.481 e. The zero-order valence-electron chi connectivity index (χ0n) is 15.6. The molecule has 1 aromatic carbocycles. The van der Waals surface area contributed by atoms with Gasteiger partial charge in [0.2, 0.25) is 12.3 Å². The summed E-state index contributed by atoms with van der Waals surface area (Å²) in [6.45, 7) is 5.19. The van der Waals surface area contributed by atoms with Crippen LogP contribution in [0.1, 0.15) is 43.4 Å². The number of halogens is 3. The normalized spacial score (nSPS) is 19.1. The van der Waals surface area contributed by atoms with Crippen LogP contribution in [-0.4, -0.2) is 41.3 Å². The van der Waals surface area contributed by atoms with E-state index in [0.29, 0.717) is 37.2 Å². The second-order valence-electron chi connectivity index (χ2n) is 7.28. The number of ether oxygens (including phenoxy) is 1. The highest BCUT2D eigenvalue weighted by atomic mass is 19.4. The van der Waals surface area contributed by atoms with Crippen LogP contribution in [0.5, 0.6) is 5.75 Å². The second kappa shape index (κ2) is 6.28. The minimum atomic E-state index is -4.54. The van der Waals surface area contributed by atoms with E-state index < -0.39 is 17.3 Å². The monoisotopic (exact) mass is 382 g/mol. The summed E-state index contributed by atoms with van der Waals surface area (Å²) in [6, 6.07) is 2.27. The highest BCUT2D eigenvalue weighted by Crippen LogP contribution is 2.48. The van der Waals surface area contributed by atoms with Crippen molar-refractivity contribution < 1.29 is 27.5 Å². The number of carbonyl (C=O) groups is 2. The molecule has 1 saturated heterocycles. The number of nitrogens with zero attached hydrogens (tertiary/aromatic N) is 2. The predicted octanol–water partition coefficient (Wildman–Crippen LogP) is 3.56. The Kier molecular flexibility index (Phi) is 4.48. The van der Waals surface area contributed by atoms with E-state index in [1.54, 1.807) is 13.8 Å². The van der Waals surface area contributed by atoms with Crippen LogP contribution in [0.15, 0.2) is 17.8 Å². The molecule has 146 valence electrons. The van der Waals surface area contributed by atoms with Gasteiger partial charge in [-0.1, -0.05) is 0 Å². The molecular formula is C19H21F3N2O3. The molecule has 27 heavy (non-hydrogen) atoms. The van der Waals surface area contributed by atoms with Crippen molar-refractivity contribution in [3.63, 3.8) is 0 Å². The van der Waals surface area contributed by atoms with Crippen molar-refractivity contribution in [3.8, 4) is 5.75 Å². The number of benzene rings is 1. The molecule has 8 heteroatoms.